The number of hydrogen-bond acceptors (Lipinski definition) is 0. The minimum Gasteiger partial charge on any atom is -0.103 e. The van der Waals surface area contributed by atoms with Gasteiger partial charge >= 0.3 is 0 Å². The van der Waals surface area contributed by atoms with Crippen LogP contribution in [-0.2, 0) is 12.8 Å². The third-order valence-corrected chi connectivity index (χ3v) is 3.54. The van der Waals surface area contributed by atoms with E-state index < -0.39 is 0 Å². The monoisotopic (exact) mass is 274 g/mol. The van der Waals surface area contributed by atoms with E-state index in [9.17, 15) is 0 Å². The van der Waals surface area contributed by atoms with Gasteiger partial charge in [-0.2, -0.15) is 0 Å². The van der Waals surface area contributed by atoms with Gasteiger partial charge in [-0.25, -0.2) is 0 Å². The lowest BCUT2D eigenvalue weighted by molar-refractivity contribution is 0.844. The van der Waals surface area contributed by atoms with Crippen LogP contribution in [0.25, 0.3) is 0 Å². The molecule has 0 saturated carbocycles. The molecule has 0 nitrogen and oxygen atoms in total. The summed E-state index contributed by atoms with van der Waals surface area (Å²) in [6, 6.07) is 17.0. The van der Waals surface area contributed by atoms with Crippen LogP contribution in [0.1, 0.15) is 42.0 Å². The number of hydrogen-bond donors (Lipinski definition) is 0. The van der Waals surface area contributed by atoms with E-state index in [0.717, 1.165) is 36.8 Å². The van der Waals surface area contributed by atoms with Crippen molar-refractivity contribution in [2.45, 2.75) is 32.6 Å². The first-order valence-corrected chi connectivity index (χ1v) is 7.62. The third kappa shape index (κ3) is 4.97. The Kier molecular flexibility index (Phi) is 5.85. The first kappa shape index (κ1) is 15.1. The zero-order valence-electron chi connectivity index (χ0n) is 12.7. The van der Waals surface area contributed by atoms with Crippen LogP contribution in [-0.4, -0.2) is 0 Å². The first-order valence-electron chi connectivity index (χ1n) is 7.62. The van der Waals surface area contributed by atoms with Gasteiger partial charge in [-0.15, -0.1) is 6.58 Å². The van der Waals surface area contributed by atoms with Crippen LogP contribution in [0, 0.1) is 11.8 Å². The predicted octanol–water partition coefficient (Wildman–Crippen LogP) is 5.16. The van der Waals surface area contributed by atoms with Gasteiger partial charge in [0.25, 0.3) is 0 Å². The molecule has 0 radical (unpaired) electrons. The van der Waals surface area contributed by atoms with Crippen LogP contribution in [0.5, 0.6) is 0 Å². The fourth-order valence-electron chi connectivity index (χ4n) is 2.17. The molecule has 0 N–H and O–H groups in total. The Labute approximate surface area is 128 Å². The molecule has 0 bridgehead atoms. The molecule has 0 amide bonds. The Bertz CT molecular complexity index is 618. The van der Waals surface area contributed by atoms with Crippen molar-refractivity contribution in [1.29, 1.82) is 0 Å². The number of rotatable bonds is 5. The zero-order valence-corrected chi connectivity index (χ0v) is 12.7. The van der Waals surface area contributed by atoms with E-state index in [4.69, 9.17) is 0 Å². The molecule has 0 aliphatic heterocycles. The van der Waals surface area contributed by atoms with E-state index in [2.05, 4.69) is 73.9 Å². The SMILES string of the molecule is C=CCCCc1ccc(C#Cc2ccc(CC)cc2)cc1. The summed E-state index contributed by atoms with van der Waals surface area (Å²) in [6.45, 7) is 5.92. The topological polar surface area (TPSA) is 0 Å². The predicted molar refractivity (Wildman–Crippen MR) is 91.4 cm³/mol. The largest absolute Gasteiger partial charge is 0.103 e. The van der Waals surface area contributed by atoms with Crippen molar-refractivity contribution in [3.05, 3.63) is 83.4 Å². The van der Waals surface area contributed by atoms with E-state index in [-0.39, 0.29) is 0 Å². The van der Waals surface area contributed by atoms with Crippen LogP contribution in [0.2, 0.25) is 0 Å². The van der Waals surface area contributed by atoms with Gasteiger partial charge in [-0.1, -0.05) is 49.1 Å². The maximum Gasteiger partial charge on any atom is 0.0249 e. The second-order valence-corrected chi connectivity index (χ2v) is 5.18. The van der Waals surface area contributed by atoms with Crippen LogP contribution < -0.4 is 0 Å². The molecule has 0 aliphatic carbocycles. The number of unbranched alkanes of at least 4 members (excludes halogenated alkanes) is 1. The summed E-state index contributed by atoms with van der Waals surface area (Å²) >= 11 is 0. The highest BCUT2D eigenvalue weighted by atomic mass is 14.0. The molecule has 106 valence electrons. The molecule has 21 heavy (non-hydrogen) atoms. The summed E-state index contributed by atoms with van der Waals surface area (Å²) in [5.74, 6) is 6.45. The molecule has 0 heteroatoms. The van der Waals surface area contributed by atoms with Gasteiger partial charge in [0, 0.05) is 11.1 Å². The van der Waals surface area contributed by atoms with Crippen LogP contribution in [0.4, 0.5) is 0 Å². The van der Waals surface area contributed by atoms with Crippen molar-refractivity contribution in [3.63, 3.8) is 0 Å². The third-order valence-electron chi connectivity index (χ3n) is 3.54. The van der Waals surface area contributed by atoms with Crippen LogP contribution in [0.3, 0.4) is 0 Å². The normalized spacial score (nSPS) is 9.76. The highest BCUT2D eigenvalue weighted by Gasteiger charge is 1.93. The molecule has 0 aromatic heterocycles. The fourth-order valence-corrected chi connectivity index (χ4v) is 2.17. The first-order chi connectivity index (χ1) is 10.3. The molecular formula is C21H22. The van der Waals surface area contributed by atoms with E-state index in [1.54, 1.807) is 0 Å². The average Bonchev–Trinajstić information content (AvgIpc) is 2.55. The summed E-state index contributed by atoms with van der Waals surface area (Å²) < 4.78 is 0. The summed E-state index contributed by atoms with van der Waals surface area (Å²) in [6.07, 6.45) is 6.40. The Morgan fingerprint density at radius 3 is 1.86 bits per heavy atom. The number of aryl methyl sites for hydroxylation is 2. The van der Waals surface area contributed by atoms with E-state index in [1.165, 1.54) is 11.1 Å². The highest BCUT2D eigenvalue weighted by Crippen LogP contribution is 2.08. The molecular weight excluding hydrogens is 252 g/mol. The molecule has 2 aromatic rings. The van der Waals surface area contributed by atoms with Gasteiger partial charge in [0.15, 0.2) is 0 Å². The van der Waals surface area contributed by atoms with Crippen LogP contribution >= 0.6 is 0 Å². The van der Waals surface area contributed by atoms with Gasteiger partial charge in [0.05, 0.1) is 0 Å². The Morgan fingerprint density at radius 2 is 1.38 bits per heavy atom. The molecule has 0 atom stereocenters. The van der Waals surface area contributed by atoms with Crippen molar-refractivity contribution >= 4 is 0 Å². The summed E-state index contributed by atoms with van der Waals surface area (Å²) in [5, 5.41) is 0. The lowest BCUT2D eigenvalue weighted by Gasteiger charge is -1.99. The Balaban J connectivity index is 1.99. The lowest BCUT2D eigenvalue weighted by atomic mass is 10.1. The van der Waals surface area contributed by atoms with Crippen molar-refractivity contribution < 1.29 is 0 Å². The zero-order chi connectivity index (χ0) is 14.9. The Morgan fingerprint density at radius 1 is 0.857 bits per heavy atom. The highest BCUT2D eigenvalue weighted by molar-refractivity contribution is 5.44. The second-order valence-electron chi connectivity index (χ2n) is 5.18. The summed E-state index contributed by atoms with van der Waals surface area (Å²) in [7, 11) is 0. The van der Waals surface area contributed by atoms with Gasteiger partial charge in [0.1, 0.15) is 0 Å². The maximum absolute atomic E-state index is 3.75. The van der Waals surface area contributed by atoms with Crippen molar-refractivity contribution in [1.82, 2.24) is 0 Å². The standard InChI is InChI=1S/C21H22/c1-3-5-6-7-19-12-14-21(15-13-19)17-16-20-10-8-18(4-2)9-11-20/h3,8-15H,1,4-7H2,2H3. The molecule has 0 aliphatic rings. The maximum atomic E-state index is 3.75. The molecule has 0 fully saturated rings. The molecule has 0 heterocycles. The van der Waals surface area contributed by atoms with Crippen molar-refractivity contribution in [2.24, 2.45) is 0 Å². The van der Waals surface area contributed by atoms with Gasteiger partial charge < -0.3 is 0 Å². The summed E-state index contributed by atoms with van der Waals surface area (Å²) in [5.41, 5.74) is 4.86. The average molecular weight is 274 g/mol. The van der Waals surface area contributed by atoms with E-state index >= 15 is 0 Å². The summed E-state index contributed by atoms with van der Waals surface area (Å²) in [4.78, 5) is 0. The molecule has 0 saturated heterocycles. The Hall–Kier alpha value is -2.26. The minimum atomic E-state index is 1.07. The van der Waals surface area contributed by atoms with Crippen molar-refractivity contribution in [3.8, 4) is 11.8 Å². The molecule has 0 spiro atoms. The number of allylic oxidation sites excluding steroid dienone is 1. The molecule has 2 rings (SSSR count). The van der Waals surface area contributed by atoms with E-state index in [1.807, 2.05) is 6.08 Å². The fraction of sp³-hybridized carbons (Fsp3) is 0.238. The van der Waals surface area contributed by atoms with Crippen molar-refractivity contribution in [2.75, 3.05) is 0 Å². The number of benzene rings is 2. The van der Waals surface area contributed by atoms with E-state index in [0.29, 0.717) is 0 Å². The van der Waals surface area contributed by atoms with Gasteiger partial charge in [-0.3, -0.25) is 0 Å². The quantitative estimate of drug-likeness (QED) is 0.401. The van der Waals surface area contributed by atoms with Gasteiger partial charge in [0.2, 0.25) is 0 Å². The second kappa shape index (κ2) is 8.12. The minimum absolute atomic E-state index is 1.07. The van der Waals surface area contributed by atoms with Crippen LogP contribution in [0.15, 0.2) is 61.2 Å². The lowest BCUT2D eigenvalue weighted by Crippen LogP contribution is -1.85. The smallest absolute Gasteiger partial charge is 0.0249 e. The molecule has 0 unspecified atom stereocenters. The molecule has 2 aromatic carbocycles. The van der Waals surface area contributed by atoms with Gasteiger partial charge in [-0.05, 0) is 61.1 Å².